The first-order chi connectivity index (χ1) is 8.06. The molecule has 2 rings (SSSR count). The van der Waals surface area contributed by atoms with Crippen molar-refractivity contribution in [2.45, 2.75) is 6.92 Å². The van der Waals surface area contributed by atoms with Gasteiger partial charge in [0.25, 0.3) is 5.91 Å². The van der Waals surface area contributed by atoms with E-state index in [1.54, 1.807) is 13.0 Å². The molecule has 0 aliphatic rings. The maximum absolute atomic E-state index is 13.3. The number of amides is 1. The number of aromatic hydroxyl groups is 1. The summed E-state index contributed by atoms with van der Waals surface area (Å²) in [5.41, 5.74) is -0.0122. The summed E-state index contributed by atoms with van der Waals surface area (Å²) in [5.74, 6) is -0.741. The Bertz CT molecular complexity index is 563. The van der Waals surface area contributed by atoms with Crippen molar-refractivity contribution in [1.29, 1.82) is 0 Å². The van der Waals surface area contributed by atoms with E-state index in [0.29, 0.717) is 5.76 Å². The van der Waals surface area contributed by atoms with Crippen molar-refractivity contribution in [3.63, 3.8) is 0 Å². The zero-order valence-corrected chi connectivity index (χ0v) is 9.03. The van der Waals surface area contributed by atoms with Crippen LogP contribution in [-0.2, 0) is 0 Å². The van der Waals surface area contributed by atoms with Gasteiger partial charge in [-0.25, -0.2) is 4.39 Å². The molecule has 1 heterocycles. The van der Waals surface area contributed by atoms with Crippen molar-refractivity contribution in [3.05, 3.63) is 47.7 Å². The Hall–Kier alpha value is -2.30. The Kier molecular flexibility index (Phi) is 2.82. The van der Waals surface area contributed by atoms with Gasteiger partial charge in [0.05, 0.1) is 5.69 Å². The number of furan rings is 1. The molecular formula is C12H10FNO3. The lowest BCUT2D eigenvalue weighted by Crippen LogP contribution is -2.11. The van der Waals surface area contributed by atoms with E-state index in [1.807, 2.05) is 0 Å². The minimum absolute atomic E-state index is 0.0122. The number of rotatable bonds is 2. The molecule has 0 radical (unpaired) electrons. The number of phenolic OH excluding ortho intramolecular Hbond substituents is 1. The topological polar surface area (TPSA) is 62.5 Å². The number of benzene rings is 1. The molecular weight excluding hydrogens is 225 g/mol. The normalized spacial score (nSPS) is 10.2. The average Bonchev–Trinajstić information content (AvgIpc) is 2.69. The fourth-order valence-electron chi connectivity index (χ4n) is 1.35. The first-order valence-corrected chi connectivity index (χ1v) is 4.92. The fourth-order valence-corrected chi connectivity index (χ4v) is 1.35. The van der Waals surface area contributed by atoms with Gasteiger partial charge in [-0.3, -0.25) is 4.79 Å². The summed E-state index contributed by atoms with van der Waals surface area (Å²) < 4.78 is 18.4. The van der Waals surface area contributed by atoms with Crippen molar-refractivity contribution in [1.82, 2.24) is 0 Å². The van der Waals surface area contributed by atoms with Gasteiger partial charge in [-0.2, -0.15) is 0 Å². The highest BCUT2D eigenvalue weighted by molar-refractivity contribution is 6.02. The Balaban J connectivity index is 2.18. The lowest BCUT2D eigenvalue weighted by Gasteiger charge is -2.04. The van der Waals surface area contributed by atoms with E-state index >= 15 is 0 Å². The van der Waals surface area contributed by atoms with E-state index in [0.717, 1.165) is 6.07 Å². The Labute approximate surface area is 96.7 Å². The van der Waals surface area contributed by atoms with Gasteiger partial charge in [0.15, 0.2) is 5.76 Å². The summed E-state index contributed by atoms with van der Waals surface area (Å²) in [4.78, 5) is 11.6. The number of hydrogen-bond acceptors (Lipinski definition) is 3. The minimum atomic E-state index is -0.707. The van der Waals surface area contributed by atoms with Gasteiger partial charge in [0.1, 0.15) is 17.3 Å². The zero-order chi connectivity index (χ0) is 12.4. The van der Waals surface area contributed by atoms with Crippen LogP contribution < -0.4 is 5.32 Å². The van der Waals surface area contributed by atoms with Gasteiger partial charge in [-0.1, -0.05) is 0 Å². The van der Waals surface area contributed by atoms with E-state index in [2.05, 4.69) is 5.32 Å². The maximum Gasteiger partial charge on any atom is 0.291 e. The summed E-state index contributed by atoms with van der Waals surface area (Å²) in [6.45, 7) is 1.71. The SMILES string of the molecule is Cc1ccc(C(=O)Nc2ccc(O)cc2F)o1. The Morgan fingerprint density at radius 2 is 2.12 bits per heavy atom. The maximum atomic E-state index is 13.3. The molecule has 0 bridgehead atoms. The van der Waals surface area contributed by atoms with E-state index in [-0.39, 0.29) is 17.2 Å². The standard InChI is InChI=1S/C12H10FNO3/c1-7-2-5-11(17-7)12(16)14-10-4-3-8(15)6-9(10)13/h2-6,15H,1H3,(H,14,16). The van der Waals surface area contributed by atoms with Gasteiger partial charge in [0, 0.05) is 6.07 Å². The highest BCUT2D eigenvalue weighted by Crippen LogP contribution is 2.20. The number of phenols is 1. The molecule has 1 amide bonds. The summed E-state index contributed by atoms with van der Waals surface area (Å²) in [7, 11) is 0. The smallest absolute Gasteiger partial charge is 0.291 e. The van der Waals surface area contributed by atoms with Crippen LogP contribution in [0.2, 0.25) is 0 Å². The number of carbonyl (C=O) groups is 1. The van der Waals surface area contributed by atoms with Crippen LogP contribution in [0.5, 0.6) is 5.75 Å². The second kappa shape index (κ2) is 4.29. The highest BCUT2D eigenvalue weighted by Gasteiger charge is 2.12. The van der Waals surface area contributed by atoms with Crippen molar-refractivity contribution < 1.29 is 18.7 Å². The molecule has 17 heavy (non-hydrogen) atoms. The largest absolute Gasteiger partial charge is 0.508 e. The van der Waals surface area contributed by atoms with Crippen LogP contribution in [-0.4, -0.2) is 11.0 Å². The van der Waals surface area contributed by atoms with Gasteiger partial charge < -0.3 is 14.8 Å². The molecule has 0 saturated heterocycles. The molecule has 4 nitrogen and oxygen atoms in total. The first kappa shape index (κ1) is 11.2. The number of halogens is 1. The molecule has 2 aromatic rings. The van der Waals surface area contributed by atoms with E-state index in [1.165, 1.54) is 18.2 Å². The zero-order valence-electron chi connectivity index (χ0n) is 9.03. The van der Waals surface area contributed by atoms with Crippen LogP contribution >= 0.6 is 0 Å². The molecule has 2 N–H and O–H groups in total. The molecule has 0 aliphatic heterocycles. The second-order valence-electron chi connectivity index (χ2n) is 3.53. The van der Waals surface area contributed by atoms with Crippen LogP contribution in [0, 0.1) is 12.7 Å². The second-order valence-corrected chi connectivity index (χ2v) is 3.53. The minimum Gasteiger partial charge on any atom is -0.508 e. The lowest BCUT2D eigenvalue weighted by molar-refractivity contribution is 0.0995. The highest BCUT2D eigenvalue weighted by atomic mass is 19.1. The van der Waals surface area contributed by atoms with Gasteiger partial charge >= 0.3 is 0 Å². The number of nitrogens with one attached hydrogen (secondary N) is 1. The molecule has 0 aliphatic carbocycles. The summed E-state index contributed by atoms with van der Waals surface area (Å²) >= 11 is 0. The van der Waals surface area contributed by atoms with Crippen molar-refractivity contribution in [3.8, 4) is 5.75 Å². The van der Waals surface area contributed by atoms with Crippen LogP contribution in [0.3, 0.4) is 0 Å². The molecule has 0 saturated carbocycles. The molecule has 0 fully saturated rings. The quantitative estimate of drug-likeness (QED) is 0.786. The van der Waals surface area contributed by atoms with Crippen LogP contribution in [0.15, 0.2) is 34.7 Å². The third-order valence-electron chi connectivity index (χ3n) is 2.17. The van der Waals surface area contributed by atoms with Crippen molar-refractivity contribution in [2.24, 2.45) is 0 Å². The van der Waals surface area contributed by atoms with Gasteiger partial charge in [0.2, 0.25) is 0 Å². The summed E-state index contributed by atoms with van der Waals surface area (Å²) in [5, 5.41) is 11.4. The van der Waals surface area contributed by atoms with Crippen LogP contribution in [0.1, 0.15) is 16.3 Å². The third kappa shape index (κ3) is 2.44. The first-order valence-electron chi connectivity index (χ1n) is 4.92. The predicted octanol–water partition coefficient (Wildman–Crippen LogP) is 2.69. The predicted molar refractivity (Wildman–Crippen MR) is 59.5 cm³/mol. The van der Waals surface area contributed by atoms with E-state index < -0.39 is 11.7 Å². The fraction of sp³-hybridized carbons (Fsp3) is 0.0833. The summed E-state index contributed by atoms with van der Waals surface area (Å²) in [6, 6.07) is 6.62. The molecule has 0 unspecified atom stereocenters. The molecule has 1 aromatic heterocycles. The molecule has 1 aromatic carbocycles. The Morgan fingerprint density at radius 1 is 1.35 bits per heavy atom. The van der Waals surface area contributed by atoms with Gasteiger partial charge in [-0.15, -0.1) is 0 Å². The lowest BCUT2D eigenvalue weighted by atomic mass is 10.3. The van der Waals surface area contributed by atoms with E-state index in [4.69, 9.17) is 9.52 Å². The third-order valence-corrected chi connectivity index (χ3v) is 2.17. The van der Waals surface area contributed by atoms with E-state index in [9.17, 15) is 9.18 Å². The molecule has 5 heteroatoms. The van der Waals surface area contributed by atoms with Crippen molar-refractivity contribution >= 4 is 11.6 Å². The van der Waals surface area contributed by atoms with Crippen LogP contribution in [0.4, 0.5) is 10.1 Å². The molecule has 88 valence electrons. The number of hydrogen-bond donors (Lipinski definition) is 2. The van der Waals surface area contributed by atoms with Crippen LogP contribution in [0.25, 0.3) is 0 Å². The average molecular weight is 235 g/mol. The molecule has 0 atom stereocenters. The molecule has 0 spiro atoms. The summed E-state index contributed by atoms with van der Waals surface area (Å²) in [6.07, 6.45) is 0. The number of aryl methyl sites for hydroxylation is 1. The number of carbonyl (C=O) groups excluding carboxylic acids is 1. The Morgan fingerprint density at radius 3 is 2.71 bits per heavy atom. The monoisotopic (exact) mass is 235 g/mol. The van der Waals surface area contributed by atoms with Gasteiger partial charge in [-0.05, 0) is 31.2 Å². The number of anilines is 1. The van der Waals surface area contributed by atoms with Crippen molar-refractivity contribution in [2.75, 3.05) is 5.32 Å².